The van der Waals surface area contributed by atoms with Crippen LogP contribution in [0, 0.1) is 0 Å². The lowest BCUT2D eigenvalue weighted by molar-refractivity contribution is 0.834. The van der Waals surface area contributed by atoms with Crippen molar-refractivity contribution in [1.29, 1.82) is 0 Å². The van der Waals surface area contributed by atoms with Gasteiger partial charge in [0.25, 0.3) is 0 Å². The monoisotopic (exact) mass is 195 g/mol. The molecular formula is C11H17NS. The standard InChI is InChI=1S/C11H17NS/c1-3-4-9-12-10-5-7-11(13-2)8-6-10/h5-8,12H,3-4,9H2,1-2H3. The summed E-state index contributed by atoms with van der Waals surface area (Å²) in [6, 6.07) is 8.58. The van der Waals surface area contributed by atoms with Crippen LogP contribution in [-0.2, 0) is 0 Å². The van der Waals surface area contributed by atoms with E-state index in [1.54, 1.807) is 11.8 Å². The fraction of sp³-hybridized carbons (Fsp3) is 0.455. The van der Waals surface area contributed by atoms with Crippen LogP contribution in [0.15, 0.2) is 29.2 Å². The highest BCUT2D eigenvalue weighted by Gasteiger charge is 1.91. The van der Waals surface area contributed by atoms with E-state index in [0.29, 0.717) is 0 Å². The number of hydrogen-bond acceptors (Lipinski definition) is 2. The molecule has 1 N–H and O–H groups in total. The van der Waals surface area contributed by atoms with Crippen molar-refractivity contribution in [2.45, 2.75) is 24.7 Å². The molecule has 0 radical (unpaired) electrons. The first-order chi connectivity index (χ1) is 6.36. The van der Waals surface area contributed by atoms with Crippen molar-refractivity contribution in [1.82, 2.24) is 0 Å². The van der Waals surface area contributed by atoms with E-state index >= 15 is 0 Å². The van der Waals surface area contributed by atoms with Crippen LogP contribution in [0.1, 0.15) is 19.8 Å². The van der Waals surface area contributed by atoms with Gasteiger partial charge in [-0.3, -0.25) is 0 Å². The first-order valence-corrected chi connectivity index (χ1v) is 5.97. The Morgan fingerprint density at radius 2 is 1.92 bits per heavy atom. The van der Waals surface area contributed by atoms with Gasteiger partial charge in [-0.1, -0.05) is 13.3 Å². The summed E-state index contributed by atoms with van der Waals surface area (Å²) in [5.41, 5.74) is 1.23. The molecule has 0 spiro atoms. The Kier molecular flexibility index (Phi) is 4.76. The highest BCUT2D eigenvalue weighted by atomic mass is 32.2. The maximum atomic E-state index is 3.39. The summed E-state index contributed by atoms with van der Waals surface area (Å²) in [6.45, 7) is 3.29. The van der Waals surface area contributed by atoms with Crippen LogP contribution in [-0.4, -0.2) is 12.8 Å². The maximum absolute atomic E-state index is 3.39. The van der Waals surface area contributed by atoms with Gasteiger partial charge in [0.2, 0.25) is 0 Å². The maximum Gasteiger partial charge on any atom is 0.0340 e. The molecule has 1 nitrogen and oxygen atoms in total. The lowest BCUT2D eigenvalue weighted by Crippen LogP contribution is -1.99. The second kappa shape index (κ2) is 5.92. The minimum atomic E-state index is 1.08. The summed E-state index contributed by atoms with van der Waals surface area (Å²) >= 11 is 1.78. The molecule has 13 heavy (non-hydrogen) atoms. The van der Waals surface area contributed by atoms with E-state index in [1.807, 2.05) is 0 Å². The van der Waals surface area contributed by atoms with Crippen molar-refractivity contribution in [3.8, 4) is 0 Å². The average molecular weight is 195 g/mol. The van der Waals surface area contributed by atoms with Gasteiger partial charge in [0, 0.05) is 17.1 Å². The van der Waals surface area contributed by atoms with Crippen molar-refractivity contribution in [2.24, 2.45) is 0 Å². The zero-order valence-corrected chi connectivity index (χ0v) is 9.16. The van der Waals surface area contributed by atoms with Gasteiger partial charge in [0.05, 0.1) is 0 Å². The molecule has 0 amide bonds. The number of thioether (sulfide) groups is 1. The number of rotatable bonds is 5. The first kappa shape index (κ1) is 10.5. The van der Waals surface area contributed by atoms with E-state index in [4.69, 9.17) is 0 Å². The number of unbranched alkanes of at least 4 members (excludes halogenated alkanes) is 1. The molecular weight excluding hydrogens is 178 g/mol. The van der Waals surface area contributed by atoms with Crippen LogP contribution in [0.25, 0.3) is 0 Å². The van der Waals surface area contributed by atoms with E-state index in [1.165, 1.54) is 23.4 Å². The van der Waals surface area contributed by atoms with Crippen LogP contribution in [0.4, 0.5) is 5.69 Å². The second-order valence-electron chi connectivity index (χ2n) is 3.01. The molecule has 0 aromatic heterocycles. The summed E-state index contributed by atoms with van der Waals surface area (Å²) < 4.78 is 0. The number of nitrogens with one attached hydrogen (secondary N) is 1. The molecule has 0 heterocycles. The Morgan fingerprint density at radius 3 is 2.46 bits per heavy atom. The molecule has 0 saturated carbocycles. The van der Waals surface area contributed by atoms with Crippen molar-refractivity contribution in [2.75, 3.05) is 18.1 Å². The van der Waals surface area contributed by atoms with Crippen LogP contribution in [0.5, 0.6) is 0 Å². The summed E-state index contributed by atoms with van der Waals surface area (Å²) in [6.07, 6.45) is 4.58. The third kappa shape index (κ3) is 3.73. The molecule has 1 aromatic carbocycles. The van der Waals surface area contributed by atoms with Crippen molar-refractivity contribution >= 4 is 17.4 Å². The third-order valence-corrected chi connectivity index (χ3v) is 2.69. The van der Waals surface area contributed by atoms with E-state index < -0.39 is 0 Å². The third-order valence-electron chi connectivity index (χ3n) is 1.95. The summed E-state index contributed by atoms with van der Waals surface area (Å²) in [5.74, 6) is 0. The van der Waals surface area contributed by atoms with Gasteiger partial charge in [0.15, 0.2) is 0 Å². The predicted octanol–water partition coefficient (Wildman–Crippen LogP) is 3.62. The van der Waals surface area contributed by atoms with E-state index in [2.05, 4.69) is 42.8 Å². The Morgan fingerprint density at radius 1 is 1.23 bits per heavy atom. The second-order valence-corrected chi connectivity index (χ2v) is 3.89. The lowest BCUT2D eigenvalue weighted by atomic mass is 10.3. The number of anilines is 1. The molecule has 72 valence electrons. The molecule has 0 atom stereocenters. The zero-order valence-electron chi connectivity index (χ0n) is 8.34. The van der Waals surface area contributed by atoms with Crippen molar-refractivity contribution in [3.63, 3.8) is 0 Å². The smallest absolute Gasteiger partial charge is 0.0340 e. The quantitative estimate of drug-likeness (QED) is 0.569. The highest BCUT2D eigenvalue weighted by molar-refractivity contribution is 7.98. The van der Waals surface area contributed by atoms with Gasteiger partial charge in [-0.25, -0.2) is 0 Å². The molecule has 0 bridgehead atoms. The summed E-state index contributed by atoms with van der Waals surface area (Å²) in [7, 11) is 0. The Balaban J connectivity index is 2.40. The fourth-order valence-corrected chi connectivity index (χ4v) is 1.53. The Hall–Kier alpha value is -0.630. The van der Waals surface area contributed by atoms with E-state index in [9.17, 15) is 0 Å². The predicted molar refractivity (Wildman–Crippen MR) is 61.6 cm³/mol. The first-order valence-electron chi connectivity index (χ1n) is 4.74. The van der Waals surface area contributed by atoms with Crippen LogP contribution in [0.3, 0.4) is 0 Å². The van der Waals surface area contributed by atoms with E-state index in [-0.39, 0.29) is 0 Å². The molecule has 0 aliphatic rings. The minimum absolute atomic E-state index is 1.08. The molecule has 0 fully saturated rings. The van der Waals surface area contributed by atoms with Crippen molar-refractivity contribution < 1.29 is 0 Å². The SMILES string of the molecule is CCCCNc1ccc(SC)cc1. The van der Waals surface area contributed by atoms with Gasteiger partial charge < -0.3 is 5.32 Å². The largest absolute Gasteiger partial charge is 0.385 e. The highest BCUT2D eigenvalue weighted by Crippen LogP contribution is 2.17. The summed E-state index contributed by atoms with van der Waals surface area (Å²) in [5, 5.41) is 3.39. The molecule has 2 heteroatoms. The molecule has 0 saturated heterocycles. The van der Waals surface area contributed by atoms with Gasteiger partial charge in [-0.2, -0.15) is 0 Å². The molecule has 0 unspecified atom stereocenters. The van der Waals surface area contributed by atoms with Crippen molar-refractivity contribution in [3.05, 3.63) is 24.3 Å². The number of hydrogen-bond donors (Lipinski definition) is 1. The lowest BCUT2D eigenvalue weighted by Gasteiger charge is -2.05. The topological polar surface area (TPSA) is 12.0 Å². The average Bonchev–Trinajstić information content (AvgIpc) is 2.19. The van der Waals surface area contributed by atoms with E-state index in [0.717, 1.165) is 6.54 Å². The molecule has 0 aliphatic carbocycles. The van der Waals surface area contributed by atoms with Gasteiger partial charge in [-0.15, -0.1) is 11.8 Å². The van der Waals surface area contributed by atoms with Gasteiger partial charge >= 0.3 is 0 Å². The van der Waals surface area contributed by atoms with Crippen LogP contribution >= 0.6 is 11.8 Å². The Labute approximate surface area is 84.9 Å². The van der Waals surface area contributed by atoms with Crippen LogP contribution in [0.2, 0.25) is 0 Å². The fourth-order valence-electron chi connectivity index (χ4n) is 1.12. The molecule has 1 aromatic rings. The summed E-state index contributed by atoms with van der Waals surface area (Å²) in [4.78, 5) is 1.32. The molecule has 0 aliphatic heterocycles. The zero-order chi connectivity index (χ0) is 9.52. The normalized spacial score (nSPS) is 10.0. The number of benzene rings is 1. The van der Waals surface area contributed by atoms with Gasteiger partial charge in [0.1, 0.15) is 0 Å². The Bertz CT molecular complexity index is 230. The minimum Gasteiger partial charge on any atom is -0.385 e. The van der Waals surface area contributed by atoms with Crippen LogP contribution < -0.4 is 5.32 Å². The molecule has 1 rings (SSSR count). The van der Waals surface area contributed by atoms with Gasteiger partial charge in [-0.05, 0) is 36.9 Å².